The molecule has 1 aliphatic carbocycles. The number of benzene rings is 1. The van der Waals surface area contributed by atoms with Gasteiger partial charge in [0.1, 0.15) is 5.75 Å². The van der Waals surface area contributed by atoms with Crippen LogP contribution >= 0.6 is 0 Å². The molecule has 1 aromatic rings. The van der Waals surface area contributed by atoms with Gasteiger partial charge in [-0.15, -0.1) is 0 Å². The number of hydrogen-bond donors (Lipinski definition) is 2. The Kier molecular flexibility index (Phi) is 2.86. The predicted octanol–water partition coefficient (Wildman–Crippen LogP) is 2.53. The molecule has 3 nitrogen and oxygen atoms in total. The molecule has 1 aromatic carbocycles. The van der Waals surface area contributed by atoms with Crippen LogP contribution in [-0.2, 0) is 11.2 Å². The molecule has 2 N–H and O–H groups in total. The quantitative estimate of drug-likeness (QED) is 0.823. The molecule has 3 heteroatoms. The van der Waals surface area contributed by atoms with Crippen LogP contribution in [0.3, 0.4) is 0 Å². The van der Waals surface area contributed by atoms with Gasteiger partial charge in [-0.2, -0.15) is 0 Å². The van der Waals surface area contributed by atoms with Crippen molar-refractivity contribution in [1.82, 2.24) is 0 Å². The highest BCUT2D eigenvalue weighted by Gasteiger charge is 2.32. The number of phenols is 1. The molecule has 0 fully saturated rings. The van der Waals surface area contributed by atoms with E-state index in [9.17, 15) is 9.90 Å². The van der Waals surface area contributed by atoms with Crippen molar-refractivity contribution in [2.45, 2.75) is 32.1 Å². The Hall–Kier alpha value is -1.51. The van der Waals surface area contributed by atoms with Crippen molar-refractivity contribution >= 4 is 5.97 Å². The van der Waals surface area contributed by atoms with Crippen molar-refractivity contribution in [1.29, 1.82) is 0 Å². The van der Waals surface area contributed by atoms with E-state index in [1.54, 1.807) is 12.1 Å². The van der Waals surface area contributed by atoms with Gasteiger partial charge in [-0.05, 0) is 48.4 Å². The summed E-state index contributed by atoms with van der Waals surface area (Å²) in [5.41, 5.74) is 2.21. The highest BCUT2D eigenvalue weighted by Crippen LogP contribution is 2.40. The first-order valence-electron chi connectivity index (χ1n) is 5.68. The van der Waals surface area contributed by atoms with Crippen molar-refractivity contribution in [2.75, 3.05) is 0 Å². The number of rotatable bonds is 3. The second-order valence-electron chi connectivity index (χ2n) is 4.38. The summed E-state index contributed by atoms with van der Waals surface area (Å²) in [4.78, 5) is 11.1. The van der Waals surface area contributed by atoms with E-state index in [0.29, 0.717) is 6.42 Å². The molecule has 0 amide bonds. The van der Waals surface area contributed by atoms with Gasteiger partial charge >= 0.3 is 5.97 Å². The molecule has 1 aliphatic rings. The monoisotopic (exact) mass is 220 g/mol. The Balaban J connectivity index is 2.32. The van der Waals surface area contributed by atoms with Crippen molar-refractivity contribution in [3.05, 3.63) is 29.3 Å². The van der Waals surface area contributed by atoms with Crippen LogP contribution in [-0.4, -0.2) is 16.2 Å². The lowest BCUT2D eigenvalue weighted by atomic mass is 9.85. The zero-order chi connectivity index (χ0) is 11.7. The second kappa shape index (κ2) is 4.16. The summed E-state index contributed by atoms with van der Waals surface area (Å²) in [5.74, 6) is -0.639. The summed E-state index contributed by atoms with van der Waals surface area (Å²) in [7, 11) is 0. The van der Waals surface area contributed by atoms with Gasteiger partial charge in [-0.1, -0.05) is 13.0 Å². The summed E-state index contributed by atoms with van der Waals surface area (Å²) in [5, 5.41) is 18.5. The predicted molar refractivity (Wildman–Crippen MR) is 60.6 cm³/mol. The molecule has 0 radical (unpaired) electrons. The van der Waals surface area contributed by atoms with Gasteiger partial charge in [0.15, 0.2) is 0 Å². The Labute approximate surface area is 94.7 Å². The maximum absolute atomic E-state index is 11.1. The third kappa shape index (κ3) is 1.77. The van der Waals surface area contributed by atoms with E-state index in [2.05, 4.69) is 0 Å². The van der Waals surface area contributed by atoms with E-state index in [4.69, 9.17) is 5.11 Å². The Morgan fingerprint density at radius 2 is 2.31 bits per heavy atom. The standard InChI is InChI=1S/C13H16O3/c1-2-10(13(15)16)12-5-3-8-7-9(14)4-6-11(8)12/h4,6-7,10,12,14H,2-3,5H2,1H3,(H,15,16)/t10-,12-/m1/s1. The average Bonchev–Trinajstić information content (AvgIpc) is 2.62. The molecule has 0 bridgehead atoms. The smallest absolute Gasteiger partial charge is 0.307 e. The molecule has 0 heterocycles. The van der Waals surface area contributed by atoms with Crippen molar-refractivity contribution in [3.63, 3.8) is 0 Å². The minimum absolute atomic E-state index is 0.109. The third-order valence-corrected chi connectivity index (χ3v) is 3.49. The van der Waals surface area contributed by atoms with E-state index in [1.807, 2.05) is 13.0 Å². The SMILES string of the molecule is CC[C@@H](C(=O)O)[C@H]1CCc2cc(O)ccc21. The molecule has 86 valence electrons. The topological polar surface area (TPSA) is 57.5 Å². The van der Waals surface area contributed by atoms with E-state index in [0.717, 1.165) is 24.0 Å². The number of aryl methyl sites for hydroxylation is 1. The molecular weight excluding hydrogens is 204 g/mol. The van der Waals surface area contributed by atoms with E-state index in [1.165, 1.54) is 0 Å². The number of carboxylic acids is 1. The molecule has 0 saturated heterocycles. The van der Waals surface area contributed by atoms with Crippen LogP contribution < -0.4 is 0 Å². The first kappa shape index (κ1) is 11.0. The summed E-state index contributed by atoms with van der Waals surface area (Å²) < 4.78 is 0. The lowest BCUT2D eigenvalue weighted by molar-refractivity contribution is -0.142. The molecule has 16 heavy (non-hydrogen) atoms. The number of fused-ring (bicyclic) bond motifs is 1. The lowest BCUT2D eigenvalue weighted by Gasteiger charge is -2.18. The first-order chi connectivity index (χ1) is 7.63. The molecular formula is C13H16O3. The van der Waals surface area contributed by atoms with Gasteiger partial charge in [0, 0.05) is 0 Å². The fourth-order valence-electron chi connectivity index (χ4n) is 2.69. The molecule has 0 spiro atoms. The molecule has 0 aliphatic heterocycles. The third-order valence-electron chi connectivity index (χ3n) is 3.49. The van der Waals surface area contributed by atoms with Crippen LogP contribution in [0.15, 0.2) is 18.2 Å². The van der Waals surface area contributed by atoms with Crippen LogP contribution in [0, 0.1) is 5.92 Å². The van der Waals surface area contributed by atoms with Crippen molar-refractivity contribution in [2.24, 2.45) is 5.92 Å². The highest BCUT2D eigenvalue weighted by molar-refractivity contribution is 5.71. The van der Waals surface area contributed by atoms with Gasteiger partial charge in [0.05, 0.1) is 5.92 Å². The summed E-state index contributed by atoms with van der Waals surface area (Å²) >= 11 is 0. The minimum Gasteiger partial charge on any atom is -0.508 e. The van der Waals surface area contributed by atoms with E-state index >= 15 is 0 Å². The molecule has 2 rings (SSSR count). The summed E-state index contributed by atoms with van der Waals surface area (Å²) in [6.07, 6.45) is 2.40. The highest BCUT2D eigenvalue weighted by atomic mass is 16.4. The first-order valence-corrected chi connectivity index (χ1v) is 5.68. The fourth-order valence-corrected chi connectivity index (χ4v) is 2.69. The van der Waals surface area contributed by atoms with Gasteiger partial charge in [-0.25, -0.2) is 0 Å². The Morgan fingerprint density at radius 3 is 2.94 bits per heavy atom. The normalized spacial score (nSPS) is 20.4. The summed E-state index contributed by atoms with van der Waals surface area (Å²) in [6, 6.07) is 5.27. The zero-order valence-electron chi connectivity index (χ0n) is 9.31. The van der Waals surface area contributed by atoms with Gasteiger partial charge in [0.2, 0.25) is 0 Å². The number of phenolic OH excluding ortho intramolecular Hbond substituents is 1. The van der Waals surface area contributed by atoms with Crippen LogP contribution in [0.1, 0.15) is 36.8 Å². The van der Waals surface area contributed by atoms with Crippen LogP contribution in [0.25, 0.3) is 0 Å². The molecule has 0 aromatic heterocycles. The van der Waals surface area contributed by atoms with Crippen molar-refractivity contribution < 1.29 is 15.0 Å². The maximum atomic E-state index is 11.1. The lowest BCUT2D eigenvalue weighted by Crippen LogP contribution is -2.19. The molecule has 0 unspecified atom stereocenters. The summed E-state index contributed by atoms with van der Waals surface area (Å²) in [6.45, 7) is 1.91. The van der Waals surface area contributed by atoms with E-state index in [-0.39, 0.29) is 17.6 Å². The van der Waals surface area contributed by atoms with Crippen LogP contribution in [0.5, 0.6) is 5.75 Å². The Bertz CT molecular complexity index is 412. The number of carboxylic acid groups (broad SMARTS) is 1. The molecule has 0 saturated carbocycles. The minimum atomic E-state index is -0.714. The van der Waals surface area contributed by atoms with Gasteiger partial charge in [-0.3, -0.25) is 4.79 Å². The van der Waals surface area contributed by atoms with Crippen LogP contribution in [0.4, 0.5) is 0 Å². The van der Waals surface area contributed by atoms with E-state index < -0.39 is 5.97 Å². The second-order valence-corrected chi connectivity index (χ2v) is 4.38. The maximum Gasteiger partial charge on any atom is 0.307 e. The van der Waals surface area contributed by atoms with Crippen LogP contribution in [0.2, 0.25) is 0 Å². The number of aliphatic carboxylic acids is 1. The number of hydrogen-bond acceptors (Lipinski definition) is 2. The molecule has 2 atom stereocenters. The zero-order valence-corrected chi connectivity index (χ0v) is 9.31. The number of carbonyl (C=O) groups is 1. The fraction of sp³-hybridized carbons (Fsp3) is 0.462. The largest absolute Gasteiger partial charge is 0.508 e. The average molecular weight is 220 g/mol. The van der Waals surface area contributed by atoms with Crippen molar-refractivity contribution in [3.8, 4) is 5.75 Å². The van der Waals surface area contributed by atoms with Gasteiger partial charge in [0.25, 0.3) is 0 Å². The Morgan fingerprint density at radius 1 is 1.56 bits per heavy atom. The number of aromatic hydroxyl groups is 1. The van der Waals surface area contributed by atoms with Gasteiger partial charge < -0.3 is 10.2 Å².